The minimum atomic E-state index is 0.478. The van der Waals surface area contributed by atoms with E-state index in [0.29, 0.717) is 26.4 Å². The molecule has 6 aromatic carbocycles. The lowest BCUT2D eigenvalue weighted by Crippen LogP contribution is -2.26. The van der Waals surface area contributed by atoms with Crippen LogP contribution in [0.3, 0.4) is 0 Å². The average Bonchev–Trinajstić information content (AvgIpc) is 1.43. The molecule has 9 aliphatic heterocycles. The third-order valence-electron chi connectivity index (χ3n) is 17.3. The first-order chi connectivity index (χ1) is 45.3. The maximum Gasteiger partial charge on any atom is 0.128 e. The van der Waals surface area contributed by atoms with Gasteiger partial charge in [-0.1, -0.05) is 119 Å². The molecule has 0 fully saturated rings. The number of nitrogens with one attached hydrogen (secondary N) is 12. The van der Waals surface area contributed by atoms with Crippen molar-refractivity contribution < 1.29 is 18.9 Å². The largest absolute Gasteiger partial charge is 0.488 e. The van der Waals surface area contributed by atoms with Gasteiger partial charge in [-0.15, -0.1) is 0 Å². The molecule has 15 rings (SSSR count). The summed E-state index contributed by atoms with van der Waals surface area (Å²) in [4.78, 5) is 0. The van der Waals surface area contributed by atoms with Crippen LogP contribution in [0.25, 0.3) is 0 Å². The summed E-state index contributed by atoms with van der Waals surface area (Å²) < 4.78 is 27.6. The highest BCUT2D eigenvalue weighted by atomic mass is 16.5. The Balaban J connectivity index is 0.951. The molecule has 9 aliphatic rings. The number of benzene rings is 6. The molecule has 92 heavy (non-hydrogen) atoms. The van der Waals surface area contributed by atoms with Crippen LogP contribution < -0.4 is 82.7 Å². The molecule has 12 N–H and O–H groups in total. The van der Waals surface area contributed by atoms with Gasteiger partial charge >= 0.3 is 0 Å². The van der Waals surface area contributed by atoms with Gasteiger partial charge in [-0.05, 0) is 206 Å². The molecule has 16 bridgehead atoms. The fraction of sp³-hybridized carbons (Fsp3) is 0.526. The molecule has 0 saturated carbocycles. The van der Waals surface area contributed by atoms with E-state index in [4.69, 9.17) is 18.9 Å². The van der Waals surface area contributed by atoms with Crippen LogP contribution in [0.4, 0.5) is 0 Å². The van der Waals surface area contributed by atoms with Gasteiger partial charge in [0.1, 0.15) is 49.4 Å². The summed E-state index contributed by atoms with van der Waals surface area (Å²) in [6.07, 6.45) is 8.27. The second kappa shape index (κ2) is 40.3. The number of ether oxygens (including phenoxy) is 4. The van der Waals surface area contributed by atoms with Crippen LogP contribution in [-0.4, -0.2) is 105 Å². The molecule has 0 radical (unpaired) electrons. The van der Waals surface area contributed by atoms with Crippen molar-refractivity contribution in [3.05, 3.63) is 186 Å². The fourth-order valence-corrected chi connectivity index (χ4v) is 12.6. The van der Waals surface area contributed by atoms with Gasteiger partial charge < -0.3 is 82.7 Å². The molecular formula is C76H112N12O4. The lowest BCUT2D eigenvalue weighted by atomic mass is 10.0. The molecule has 0 aromatic heterocycles. The van der Waals surface area contributed by atoms with Crippen LogP contribution in [-0.2, 0) is 78.8 Å². The van der Waals surface area contributed by atoms with Crippen molar-refractivity contribution in [2.45, 2.75) is 158 Å². The Morgan fingerprint density at radius 1 is 0.207 bits per heavy atom. The van der Waals surface area contributed by atoms with Crippen LogP contribution in [0.5, 0.6) is 23.0 Å². The maximum absolute atomic E-state index is 6.89. The topological polar surface area (TPSA) is 181 Å². The first-order valence-electron chi connectivity index (χ1n) is 35.0. The van der Waals surface area contributed by atoms with Crippen LogP contribution >= 0.6 is 0 Å². The number of rotatable bonds is 0. The van der Waals surface area contributed by atoms with Crippen molar-refractivity contribution in [2.24, 2.45) is 0 Å². The van der Waals surface area contributed by atoms with Crippen molar-refractivity contribution >= 4 is 0 Å². The van der Waals surface area contributed by atoms with E-state index in [-0.39, 0.29) is 0 Å². The molecule has 0 saturated heterocycles. The predicted molar refractivity (Wildman–Crippen MR) is 377 cm³/mol. The summed E-state index contributed by atoms with van der Waals surface area (Å²) in [6.45, 7) is 31.6. The summed E-state index contributed by atoms with van der Waals surface area (Å²) in [5.74, 6) is 3.91. The molecular weight excluding hydrogens is 1140 g/mol. The maximum atomic E-state index is 6.89. The summed E-state index contributed by atoms with van der Waals surface area (Å²) in [7, 11) is 0. The van der Waals surface area contributed by atoms with Crippen molar-refractivity contribution in [1.29, 1.82) is 0 Å². The smallest absolute Gasteiger partial charge is 0.128 e. The van der Waals surface area contributed by atoms with E-state index < -0.39 is 0 Å². The van der Waals surface area contributed by atoms with E-state index in [1.807, 2.05) is 0 Å². The Morgan fingerprint density at radius 3 is 0.500 bits per heavy atom. The molecule has 16 heteroatoms. The molecule has 0 aliphatic carbocycles. The Hall–Kier alpha value is -5.96. The van der Waals surface area contributed by atoms with E-state index in [2.05, 4.69) is 189 Å². The van der Waals surface area contributed by atoms with Crippen molar-refractivity contribution in [2.75, 3.05) is 105 Å². The Labute approximate surface area is 551 Å². The average molecular weight is 1260 g/mol. The quantitative estimate of drug-likeness (QED) is 0.0692. The predicted octanol–water partition coefficient (Wildman–Crippen LogP) is 9.17. The Morgan fingerprint density at radius 2 is 0.348 bits per heavy atom. The van der Waals surface area contributed by atoms with E-state index >= 15 is 0 Å². The minimum Gasteiger partial charge on any atom is -0.488 e. The van der Waals surface area contributed by atoms with Gasteiger partial charge in [0.25, 0.3) is 0 Å². The van der Waals surface area contributed by atoms with Gasteiger partial charge in [0.05, 0.1) is 0 Å². The van der Waals surface area contributed by atoms with Crippen LogP contribution in [0.2, 0.25) is 0 Å². The summed E-state index contributed by atoms with van der Waals surface area (Å²) in [5.41, 5.74) is 19.1. The molecule has 0 spiro atoms. The van der Waals surface area contributed by atoms with Gasteiger partial charge in [-0.2, -0.15) is 0 Å². The normalized spacial score (nSPS) is 18.7. The van der Waals surface area contributed by atoms with Crippen molar-refractivity contribution in [3.63, 3.8) is 0 Å². The monoisotopic (exact) mass is 1260 g/mol. The van der Waals surface area contributed by atoms with E-state index in [1.54, 1.807) is 0 Å². The van der Waals surface area contributed by atoms with E-state index in [1.165, 1.54) is 66.8 Å². The summed E-state index contributed by atoms with van der Waals surface area (Å²) in [6, 6.07) is 36.0. The van der Waals surface area contributed by atoms with Crippen LogP contribution in [0.1, 0.15) is 140 Å². The number of aryl methyl sites for hydroxylation is 4. The third-order valence-corrected chi connectivity index (χ3v) is 17.3. The first kappa shape index (κ1) is 70.4. The Bertz CT molecular complexity index is 2560. The van der Waals surface area contributed by atoms with E-state index in [0.717, 1.165) is 254 Å². The molecule has 6 aromatic rings. The van der Waals surface area contributed by atoms with Gasteiger partial charge in [0, 0.05) is 96.9 Å². The van der Waals surface area contributed by atoms with Crippen molar-refractivity contribution in [3.8, 4) is 23.0 Å². The van der Waals surface area contributed by atoms with E-state index in [9.17, 15) is 0 Å². The second-order valence-electron chi connectivity index (χ2n) is 25.7. The zero-order valence-electron chi connectivity index (χ0n) is 56.3. The summed E-state index contributed by atoms with van der Waals surface area (Å²) >= 11 is 0. The highest BCUT2D eigenvalue weighted by Crippen LogP contribution is 2.32. The first-order valence-corrected chi connectivity index (χ1v) is 35.0. The standard InChI is InChI=1S/C76H112N12O4/c1-57-37-65-45-81-29-5-21-77-23-7-31-83-47-69-41-59(3)42-70-48-84-32-8-24-78-22-6-30-82-46-66(38-57)73(65)89-53-61-13-15-62(16-14-61)54-90-74-67-39-58(2)40-68(74)50-86-34-10-26-80-28-12-36-88-52-72-44-60(4)43-71(51-87-35-11-27-79-25-9-33-85-49-67)76(72)92-56-64-19-17-63(18-20-64)55-91-75(69)70/h13-20,37-44,77-88H,5-12,21-36,45-56H2,1-4H3. The highest BCUT2D eigenvalue weighted by Gasteiger charge is 2.18. The minimum absolute atomic E-state index is 0.478. The Kier molecular flexibility index (Phi) is 30.8. The molecule has 0 atom stereocenters. The van der Waals surface area contributed by atoms with Gasteiger partial charge in [-0.3, -0.25) is 0 Å². The lowest BCUT2D eigenvalue weighted by Gasteiger charge is -2.20. The van der Waals surface area contributed by atoms with Gasteiger partial charge in [-0.25, -0.2) is 0 Å². The van der Waals surface area contributed by atoms with Crippen molar-refractivity contribution in [1.82, 2.24) is 63.8 Å². The zero-order valence-corrected chi connectivity index (χ0v) is 56.3. The molecule has 9 heterocycles. The number of hydrogen-bond donors (Lipinski definition) is 12. The third kappa shape index (κ3) is 24.4. The van der Waals surface area contributed by atoms with Gasteiger partial charge in [0.2, 0.25) is 0 Å². The summed E-state index contributed by atoms with van der Waals surface area (Å²) in [5, 5.41) is 45.0. The van der Waals surface area contributed by atoms with Crippen LogP contribution in [0.15, 0.2) is 97.1 Å². The van der Waals surface area contributed by atoms with Crippen LogP contribution in [0, 0.1) is 27.7 Å². The molecule has 500 valence electrons. The number of hydrogen-bond acceptors (Lipinski definition) is 16. The molecule has 0 unspecified atom stereocenters. The SMILES string of the molecule is Cc1cc2c3c(c1)CNCCCNCCCNCc1cc(C)cc(c1OCc1ccc(cc1)COc1c4cc(C)cc1CNCCCNCCCNCc1cc(C)cc(c1OCc1ccc(cc1)CO3)CNCCCNCCCNC4)CNCCCNCCCNC2. The van der Waals surface area contributed by atoms with Gasteiger partial charge in [0.15, 0.2) is 0 Å². The molecule has 16 nitrogen and oxygen atoms in total. The fourth-order valence-electron chi connectivity index (χ4n) is 12.6. The molecule has 0 amide bonds. The zero-order chi connectivity index (χ0) is 63.6. The lowest BCUT2D eigenvalue weighted by molar-refractivity contribution is 0.294. The second-order valence-corrected chi connectivity index (χ2v) is 25.7. The highest BCUT2D eigenvalue weighted by molar-refractivity contribution is 5.48.